The van der Waals surface area contributed by atoms with E-state index in [9.17, 15) is 4.79 Å². The first kappa shape index (κ1) is 22.7. The van der Waals surface area contributed by atoms with Gasteiger partial charge < -0.3 is 9.47 Å². The second-order valence-corrected chi connectivity index (χ2v) is 7.32. The van der Waals surface area contributed by atoms with Crippen LogP contribution in [0.2, 0.25) is 0 Å². The van der Waals surface area contributed by atoms with Crippen LogP contribution in [0.5, 0.6) is 11.5 Å². The number of ketones is 1. The number of allylic oxidation sites excluding steroid dienone is 1. The van der Waals surface area contributed by atoms with Crippen molar-refractivity contribution in [3.05, 3.63) is 65.7 Å². The summed E-state index contributed by atoms with van der Waals surface area (Å²) in [5, 5.41) is 0. The summed E-state index contributed by atoms with van der Waals surface area (Å²) in [6.07, 6.45) is 13.7. The maximum absolute atomic E-state index is 12.3. The third-order valence-corrected chi connectivity index (χ3v) is 4.95. The van der Waals surface area contributed by atoms with Crippen molar-refractivity contribution in [1.82, 2.24) is 0 Å². The zero-order chi connectivity index (χ0) is 20.7. The van der Waals surface area contributed by atoms with E-state index in [2.05, 4.69) is 6.92 Å². The molecule has 0 amide bonds. The standard InChI is InChI=1S/C26H34O3/c1-3-4-5-6-7-8-9-10-21-29-25-18-14-23(15-19-25)26(27)20-13-22-11-16-24(28-2)17-12-22/h11-20H,3-10,21H2,1-2H3/b20-13+. The van der Waals surface area contributed by atoms with E-state index < -0.39 is 0 Å². The van der Waals surface area contributed by atoms with Crippen LogP contribution < -0.4 is 9.47 Å². The molecule has 0 fully saturated rings. The van der Waals surface area contributed by atoms with Gasteiger partial charge in [0.2, 0.25) is 0 Å². The fourth-order valence-electron chi connectivity index (χ4n) is 3.12. The Morgan fingerprint density at radius 1 is 0.793 bits per heavy atom. The molecule has 0 bridgehead atoms. The second-order valence-electron chi connectivity index (χ2n) is 7.32. The predicted octanol–water partition coefficient (Wildman–Crippen LogP) is 7.11. The van der Waals surface area contributed by atoms with Crippen LogP contribution in [0.3, 0.4) is 0 Å². The minimum atomic E-state index is -0.0181. The summed E-state index contributed by atoms with van der Waals surface area (Å²) in [5.74, 6) is 1.61. The van der Waals surface area contributed by atoms with Crippen LogP contribution in [-0.4, -0.2) is 19.5 Å². The molecule has 2 aromatic carbocycles. The summed E-state index contributed by atoms with van der Waals surface area (Å²) in [7, 11) is 1.64. The van der Waals surface area contributed by atoms with Crippen LogP contribution in [0, 0.1) is 0 Å². The Morgan fingerprint density at radius 3 is 2.00 bits per heavy atom. The molecule has 2 rings (SSSR count). The molecule has 0 heterocycles. The molecular formula is C26H34O3. The van der Waals surface area contributed by atoms with E-state index in [-0.39, 0.29) is 5.78 Å². The van der Waals surface area contributed by atoms with Crippen molar-refractivity contribution in [3.8, 4) is 11.5 Å². The van der Waals surface area contributed by atoms with Crippen molar-refractivity contribution >= 4 is 11.9 Å². The lowest BCUT2D eigenvalue weighted by Gasteiger charge is -2.07. The summed E-state index contributed by atoms with van der Waals surface area (Å²) >= 11 is 0. The maximum Gasteiger partial charge on any atom is 0.185 e. The summed E-state index contributed by atoms with van der Waals surface area (Å²) in [4.78, 5) is 12.3. The van der Waals surface area contributed by atoms with Crippen molar-refractivity contribution in [1.29, 1.82) is 0 Å². The van der Waals surface area contributed by atoms with Crippen LogP contribution in [-0.2, 0) is 0 Å². The lowest BCUT2D eigenvalue weighted by atomic mass is 10.1. The first-order valence-electron chi connectivity index (χ1n) is 10.8. The molecule has 3 heteroatoms. The Bertz CT molecular complexity index is 730. The number of unbranched alkanes of at least 4 members (excludes halogenated alkanes) is 7. The van der Waals surface area contributed by atoms with Crippen LogP contribution in [0.4, 0.5) is 0 Å². The SMILES string of the molecule is CCCCCCCCCCOc1ccc(C(=O)/C=C/c2ccc(OC)cc2)cc1. The van der Waals surface area contributed by atoms with Crippen LogP contribution in [0.1, 0.15) is 74.2 Å². The molecule has 29 heavy (non-hydrogen) atoms. The summed E-state index contributed by atoms with van der Waals surface area (Å²) in [6.45, 7) is 2.98. The molecule has 156 valence electrons. The maximum atomic E-state index is 12.3. The molecule has 0 atom stereocenters. The Balaban J connectivity index is 1.68. The first-order valence-corrected chi connectivity index (χ1v) is 10.8. The van der Waals surface area contributed by atoms with Gasteiger partial charge in [-0.05, 0) is 54.5 Å². The van der Waals surface area contributed by atoms with Crippen molar-refractivity contribution in [2.75, 3.05) is 13.7 Å². The molecule has 0 aliphatic carbocycles. The highest BCUT2D eigenvalue weighted by atomic mass is 16.5. The van der Waals surface area contributed by atoms with Gasteiger partial charge in [-0.25, -0.2) is 0 Å². The fraction of sp³-hybridized carbons (Fsp3) is 0.423. The van der Waals surface area contributed by atoms with Gasteiger partial charge in [0.25, 0.3) is 0 Å². The highest BCUT2D eigenvalue weighted by Crippen LogP contribution is 2.16. The number of benzene rings is 2. The van der Waals surface area contributed by atoms with Crippen molar-refractivity contribution in [2.45, 2.75) is 58.3 Å². The normalized spacial score (nSPS) is 11.0. The van der Waals surface area contributed by atoms with Gasteiger partial charge in [-0.3, -0.25) is 4.79 Å². The minimum absolute atomic E-state index is 0.0181. The molecule has 0 saturated heterocycles. The highest BCUT2D eigenvalue weighted by molar-refractivity contribution is 6.06. The Hall–Kier alpha value is -2.55. The van der Waals surface area contributed by atoms with E-state index in [4.69, 9.17) is 9.47 Å². The average molecular weight is 395 g/mol. The molecule has 0 N–H and O–H groups in total. The number of carbonyl (C=O) groups excluding carboxylic acids is 1. The van der Waals surface area contributed by atoms with Gasteiger partial charge in [0.1, 0.15) is 11.5 Å². The highest BCUT2D eigenvalue weighted by Gasteiger charge is 2.03. The molecule has 2 aromatic rings. The molecule has 0 radical (unpaired) electrons. The van der Waals surface area contributed by atoms with E-state index >= 15 is 0 Å². The number of hydrogen-bond donors (Lipinski definition) is 0. The van der Waals surface area contributed by atoms with E-state index in [0.29, 0.717) is 5.56 Å². The third-order valence-electron chi connectivity index (χ3n) is 4.95. The zero-order valence-electron chi connectivity index (χ0n) is 17.9. The number of carbonyl (C=O) groups is 1. The lowest BCUT2D eigenvalue weighted by Crippen LogP contribution is -1.99. The molecule has 3 nitrogen and oxygen atoms in total. The Morgan fingerprint density at radius 2 is 1.38 bits per heavy atom. The molecule has 0 spiro atoms. The average Bonchev–Trinajstić information content (AvgIpc) is 2.77. The molecule has 0 saturated carbocycles. The summed E-state index contributed by atoms with van der Waals surface area (Å²) in [5.41, 5.74) is 1.62. The van der Waals surface area contributed by atoms with Gasteiger partial charge in [0.05, 0.1) is 13.7 Å². The zero-order valence-corrected chi connectivity index (χ0v) is 17.9. The fourth-order valence-corrected chi connectivity index (χ4v) is 3.12. The van der Waals surface area contributed by atoms with Crippen molar-refractivity contribution < 1.29 is 14.3 Å². The van der Waals surface area contributed by atoms with E-state index in [1.54, 1.807) is 13.2 Å². The predicted molar refractivity (Wildman–Crippen MR) is 121 cm³/mol. The molecule has 0 aliphatic rings. The molecule has 0 aliphatic heterocycles. The quantitative estimate of drug-likeness (QED) is 0.194. The van der Waals surface area contributed by atoms with E-state index in [0.717, 1.165) is 30.1 Å². The van der Waals surface area contributed by atoms with Gasteiger partial charge in [-0.15, -0.1) is 0 Å². The summed E-state index contributed by atoms with van der Waals surface area (Å²) in [6, 6.07) is 15.0. The third kappa shape index (κ3) is 8.99. The van der Waals surface area contributed by atoms with Gasteiger partial charge in [0.15, 0.2) is 5.78 Å². The molecule has 0 unspecified atom stereocenters. The van der Waals surface area contributed by atoms with Gasteiger partial charge in [0, 0.05) is 5.56 Å². The Labute approximate surface area is 175 Å². The van der Waals surface area contributed by atoms with E-state index in [1.165, 1.54) is 44.9 Å². The molecule has 0 aromatic heterocycles. The van der Waals surface area contributed by atoms with Gasteiger partial charge >= 0.3 is 0 Å². The van der Waals surface area contributed by atoms with Gasteiger partial charge in [-0.2, -0.15) is 0 Å². The monoisotopic (exact) mass is 394 g/mol. The minimum Gasteiger partial charge on any atom is -0.497 e. The first-order chi connectivity index (χ1) is 14.2. The van der Waals surface area contributed by atoms with Crippen molar-refractivity contribution in [2.24, 2.45) is 0 Å². The summed E-state index contributed by atoms with van der Waals surface area (Å²) < 4.78 is 10.9. The van der Waals surface area contributed by atoms with Crippen LogP contribution in [0.15, 0.2) is 54.6 Å². The number of methoxy groups -OCH3 is 1. The largest absolute Gasteiger partial charge is 0.497 e. The van der Waals surface area contributed by atoms with Crippen LogP contribution >= 0.6 is 0 Å². The van der Waals surface area contributed by atoms with Gasteiger partial charge in [-0.1, -0.05) is 70.1 Å². The second kappa shape index (κ2) is 13.6. The number of ether oxygens (including phenoxy) is 2. The van der Waals surface area contributed by atoms with Crippen LogP contribution in [0.25, 0.3) is 6.08 Å². The molecular weight excluding hydrogens is 360 g/mol. The Kier molecular flexibility index (Phi) is 10.7. The van der Waals surface area contributed by atoms with Crippen molar-refractivity contribution in [3.63, 3.8) is 0 Å². The number of hydrogen-bond acceptors (Lipinski definition) is 3. The smallest absolute Gasteiger partial charge is 0.185 e. The van der Waals surface area contributed by atoms with E-state index in [1.807, 2.05) is 54.6 Å². The topological polar surface area (TPSA) is 35.5 Å². The lowest BCUT2D eigenvalue weighted by molar-refractivity contribution is 0.104. The number of rotatable bonds is 14.